The van der Waals surface area contributed by atoms with Crippen molar-refractivity contribution in [2.45, 2.75) is 19.4 Å². The fourth-order valence-electron chi connectivity index (χ4n) is 11.4. The lowest BCUT2D eigenvalue weighted by molar-refractivity contribution is 0.532. The molecule has 0 amide bonds. The summed E-state index contributed by atoms with van der Waals surface area (Å²) in [5.74, 6) is 0.740. The van der Waals surface area contributed by atoms with Crippen LogP contribution in [0.1, 0.15) is 36.1 Å². The Morgan fingerprint density at radius 1 is 0.485 bits per heavy atom. The quantitative estimate of drug-likeness (QED) is 0.170. The first kappa shape index (κ1) is 38.2. The Hall–Kier alpha value is -7.90. The highest BCUT2D eigenvalue weighted by Gasteiger charge is 2.34. The third-order valence-electron chi connectivity index (χ3n) is 14.6. The van der Waals surface area contributed by atoms with Gasteiger partial charge in [0.2, 0.25) is 0 Å². The number of hydrogen-bond acceptors (Lipinski definition) is 5. The van der Waals surface area contributed by atoms with Crippen LogP contribution in [0.4, 0.5) is 0 Å². The van der Waals surface area contributed by atoms with Crippen molar-refractivity contribution in [3.8, 4) is 5.69 Å². The van der Waals surface area contributed by atoms with Crippen LogP contribution >= 0.6 is 22.7 Å². The summed E-state index contributed by atoms with van der Waals surface area (Å²) in [4.78, 5) is 11.5. The van der Waals surface area contributed by atoms with Crippen molar-refractivity contribution in [3.63, 3.8) is 0 Å². The molecule has 5 heterocycles. The van der Waals surface area contributed by atoms with E-state index >= 15 is 0 Å². The molecule has 0 fully saturated rings. The van der Waals surface area contributed by atoms with Crippen LogP contribution in [-0.2, 0) is 0 Å². The first-order valence-corrected chi connectivity index (χ1v) is 25.1. The highest BCUT2D eigenvalue weighted by molar-refractivity contribution is 7.26. The molecular formula is C62H39N3OS2. The van der Waals surface area contributed by atoms with Gasteiger partial charge in [0, 0.05) is 73.4 Å². The summed E-state index contributed by atoms with van der Waals surface area (Å²) in [5, 5.41) is 14.5. The van der Waals surface area contributed by atoms with Gasteiger partial charge in [-0.05, 0) is 118 Å². The molecule has 0 saturated heterocycles. The van der Waals surface area contributed by atoms with Crippen LogP contribution in [0.25, 0.3) is 111 Å². The van der Waals surface area contributed by atoms with E-state index in [0.717, 1.165) is 73.3 Å². The van der Waals surface area contributed by atoms with E-state index in [1.54, 1.807) is 0 Å². The Morgan fingerprint density at radius 3 is 1.85 bits per heavy atom. The number of nitrogens with zero attached hydrogens (tertiary/aromatic N) is 3. The molecule has 15 rings (SSSR count). The van der Waals surface area contributed by atoms with Gasteiger partial charge in [-0.2, -0.15) is 0 Å². The maximum atomic E-state index is 7.14. The van der Waals surface area contributed by atoms with Crippen molar-refractivity contribution in [1.29, 1.82) is 0 Å². The zero-order chi connectivity index (χ0) is 44.6. The molecule has 0 saturated carbocycles. The van der Waals surface area contributed by atoms with Gasteiger partial charge in [-0.25, -0.2) is 4.99 Å². The highest BCUT2D eigenvalue weighted by Crippen LogP contribution is 2.46. The van der Waals surface area contributed by atoms with E-state index in [9.17, 15) is 0 Å². The predicted octanol–water partition coefficient (Wildman–Crippen LogP) is 17.7. The second-order valence-corrected chi connectivity index (χ2v) is 20.4. The largest absolute Gasteiger partial charge is 0.454 e. The Kier molecular flexibility index (Phi) is 8.18. The molecule has 68 heavy (non-hydrogen) atoms. The summed E-state index contributed by atoms with van der Waals surface area (Å²) in [6, 6.07) is 71.0. The second kappa shape index (κ2) is 14.5. The number of aromatic nitrogens is 1. The zero-order valence-electron chi connectivity index (χ0n) is 36.9. The second-order valence-electron chi connectivity index (χ2n) is 18.3. The minimum Gasteiger partial charge on any atom is -0.454 e. The molecule has 320 valence electrons. The molecule has 1 aliphatic heterocycles. The Balaban J connectivity index is 1.03. The monoisotopic (exact) mass is 905 g/mol. The molecule has 0 radical (unpaired) electrons. The van der Waals surface area contributed by atoms with E-state index in [4.69, 9.17) is 14.4 Å². The van der Waals surface area contributed by atoms with Crippen molar-refractivity contribution < 1.29 is 4.42 Å². The lowest BCUT2D eigenvalue weighted by Crippen LogP contribution is -2.28. The number of fused-ring (bicyclic) bond motifs is 15. The molecule has 10 aromatic carbocycles. The summed E-state index contributed by atoms with van der Waals surface area (Å²) in [7, 11) is 0. The average Bonchev–Trinajstić information content (AvgIpc) is 4.16. The number of para-hydroxylation sites is 1. The maximum Gasteiger partial charge on any atom is 0.159 e. The van der Waals surface area contributed by atoms with Crippen molar-refractivity contribution in [2.24, 2.45) is 15.9 Å². The van der Waals surface area contributed by atoms with Gasteiger partial charge in [-0.3, -0.25) is 4.99 Å². The van der Waals surface area contributed by atoms with Gasteiger partial charge in [0.15, 0.2) is 11.4 Å². The molecule has 14 aromatic rings. The molecular weight excluding hydrogens is 867 g/mol. The number of thiophene rings is 2. The maximum absolute atomic E-state index is 7.14. The van der Waals surface area contributed by atoms with E-state index in [2.05, 4.69) is 206 Å². The lowest BCUT2D eigenvalue weighted by atomic mass is 9.82. The van der Waals surface area contributed by atoms with Gasteiger partial charge in [0.05, 0.1) is 28.5 Å². The van der Waals surface area contributed by atoms with Crippen LogP contribution < -0.4 is 0 Å². The predicted molar refractivity (Wildman–Crippen MR) is 291 cm³/mol. The Morgan fingerprint density at radius 2 is 1.10 bits per heavy atom. The highest BCUT2D eigenvalue weighted by atomic mass is 32.1. The number of aliphatic imine (C=N–C) groups is 2. The van der Waals surface area contributed by atoms with Gasteiger partial charge in [-0.1, -0.05) is 122 Å². The molecule has 0 N–H and O–H groups in total. The molecule has 0 aliphatic carbocycles. The van der Waals surface area contributed by atoms with E-state index in [1.807, 2.05) is 22.7 Å². The first-order chi connectivity index (χ1) is 33.6. The summed E-state index contributed by atoms with van der Waals surface area (Å²) in [6.45, 7) is 2.30. The van der Waals surface area contributed by atoms with Crippen LogP contribution in [0.2, 0.25) is 0 Å². The van der Waals surface area contributed by atoms with Crippen molar-refractivity contribution >= 4 is 140 Å². The standard InChI is InChI=1S/C62H39N3OS2/c1-2-41-59(38-24-27-56-47(30-38)44-18-8-11-21-54(44)67-56)63-62(39-25-28-57-48(31-39)45-19-9-12-22-55(45)68-57)64-60(41)40-32-49-58-42-16-6-5-13-35(42)23-26-53(58)66-61(49)52(34-40)65-50-20-10-7-17-43(50)46-29-36-14-3-4-15-37(36)33-51(46)65/h3-34,41,60H,2H2,1H3. The third kappa shape index (κ3) is 5.59. The topological polar surface area (TPSA) is 42.8 Å². The van der Waals surface area contributed by atoms with Gasteiger partial charge >= 0.3 is 0 Å². The smallest absolute Gasteiger partial charge is 0.159 e. The number of furan rings is 1. The Labute approximate surface area is 398 Å². The molecule has 1 aliphatic rings. The van der Waals surface area contributed by atoms with E-state index < -0.39 is 0 Å². The normalized spacial score (nSPS) is 15.7. The molecule has 4 nitrogen and oxygen atoms in total. The van der Waals surface area contributed by atoms with E-state index in [0.29, 0.717) is 0 Å². The fourth-order valence-corrected chi connectivity index (χ4v) is 13.6. The minimum absolute atomic E-state index is 0.0193. The lowest BCUT2D eigenvalue weighted by Gasteiger charge is -2.30. The number of hydrogen-bond donors (Lipinski definition) is 0. The summed E-state index contributed by atoms with van der Waals surface area (Å²) < 4.78 is 14.7. The van der Waals surface area contributed by atoms with Gasteiger partial charge in [0.1, 0.15) is 5.58 Å². The zero-order valence-corrected chi connectivity index (χ0v) is 38.5. The SMILES string of the molecule is CCC1C(c2ccc3sc4ccccc4c3c2)=NC(c2ccc3sc4ccccc4c3c2)=NC1c1cc(-n2c3ccccc3c3cc4ccccc4cc32)c2oc3ccc4ccccc4c3c2c1. The van der Waals surface area contributed by atoms with Gasteiger partial charge in [0.25, 0.3) is 0 Å². The molecule has 0 spiro atoms. The van der Waals surface area contributed by atoms with Crippen LogP contribution in [0, 0.1) is 5.92 Å². The van der Waals surface area contributed by atoms with Gasteiger partial charge < -0.3 is 8.98 Å². The average molecular weight is 906 g/mol. The minimum atomic E-state index is -0.260. The first-order valence-electron chi connectivity index (χ1n) is 23.4. The number of rotatable bonds is 5. The van der Waals surface area contributed by atoms with Crippen molar-refractivity contribution in [2.75, 3.05) is 0 Å². The van der Waals surface area contributed by atoms with Crippen molar-refractivity contribution in [1.82, 2.24) is 4.57 Å². The summed E-state index contributed by atoms with van der Waals surface area (Å²) in [6.07, 6.45) is 0.848. The summed E-state index contributed by atoms with van der Waals surface area (Å²) in [5.41, 5.74) is 9.39. The van der Waals surface area contributed by atoms with E-state index in [-0.39, 0.29) is 12.0 Å². The van der Waals surface area contributed by atoms with Crippen LogP contribution in [0.5, 0.6) is 0 Å². The van der Waals surface area contributed by atoms with Gasteiger partial charge in [-0.15, -0.1) is 22.7 Å². The molecule has 0 bridgehead atoms. The fraction of sp³-hybridized carbons (Fsp3) is 0.0645. The number of benzene rings is 10. The van der Waals surface area contributed by atoms with Crippen molar-refractivity contribution in [3.05, 3.63) is 211 Å². The molecule has 4 aromatic heterocycles. The van der Waals surface area contributed by atoms with E-state index in [1.165, 1.54) is 72.7 Å². The summed E-state index contributed by atoms with van der Waals surface area (Å²) >= 11 is 3.69. The van der Waals surface area contributed by atoms with Crippen LogP contribution in [0.3, 0.4) is 0 Å². The molecule has 2 unspecified atom stereocenters. The number of amidine groups is 1. The third-order valence-corrected chi connectivity index (χ3v) is 16.9. The van der Waals surface area contributed by atoms with Crippen LogP contribution in [0.15, 0.2) is 209 Å². The Bertz CT molecular complexity index is 4520. The molecule has 6 heteroatoms. The van der Waals surface area contributed by atoms with Crippen LogP contribution in [-0.4, -0.2) is 16.1 Å². The molecule has 2 atom stereocenters.